The van der Waals surface area contributed by atoms with Crippen LogP contribution in [-0.4, -0.2) is 44.8 Å². The number of nitrogens with two attached hydrogens (primary N) is 1. The summed E-state index contributed by atoms with van der Waals surface area (Å²) in [6, 6.07) is 8.18. The molecule has 5 rings (SSSR count). The van der Waals surface area contributed by atoms with Crippen LogP contribution in [0.3, 0.4) is 0 Å². The zero-order chi connectivity index (χ0) is 35.8. The van der Waals surface area contributed by atoms with Crippen LogP contribution < -0.4 is 16.0 Å². The number of hydrogen-bond donors (Lipinski definition) is 2. The number of benzene rings is 2. The van der Waals surface area contributed by atoms with E-state index >= 15 is 0 Å². The highest BCUT2D eigenvalue weighted by molar-refractivity contribution is 5.94. The fraction of sp³-hybridized carbons (Fsp3) is 0.303. The van der Waals surface area contributed by atoms with Crippen molar-refractivity contribution in [1.82, 2.24) is 20.1 Å². The van der Waals surface area contributed by atoms with Crippen LogP contribution in [-0.2, 0) is 35.1 Å². The number of carbonyl (C=O) groups excluding carboxylic acids is 3. The molecule has 1 aliphatic rings. The summed E-state index contributed by atoms with van der Waals surface area (Å²) in [5.41, 5.74) is 2.77. The highest BCUT2D eigenvalue weighted by Crippen LogP contribution is 2.42. The van der Waals surface area contributed by atoms with Gasteiger partial charge in [0.2, 0.25) is 5.91 Å². The van der Waals surface area contributed by atoms with Crippen molar-refractivity contribution < 1.29 is 45.5 Å². The first kappa shape index (κ1) is 34.9. The normalized spacial score (nSPS) is 13.6. The van der Waals surface area contributed by atoms with Crippen LogP contribution in [0.2, 0.25) is 0 Å². The molecule has 0 aliphatic carbocycles. The quantitative estimate of drug-likeness (QED) is 0.223. The van der Waals surface area contributed by atoms with Gasteiger partial charge in [-0.25, -0.2) is 18.0 Å². The topological polar surface area (TPSA) is 132 Å². The fourth-order valence-corrected chi connectivity index (χ4v) is 5.55. The van der Waals surface area contributed by atoms with Crippen molar-refractivity contribution >= 4 is 23.6 Å². The number of amides is 3. The van der Waals surface area contributed by atoms with Gasteiger partial charge in [-0.05, 0) is 68.7 Å². The Labute approximate surface area is 275 Å². The van der Waals surface area contributed by atoms with Crippen molar-refractivity contribution in [3.05, 3.63) is 100 Å². The molecule has 16 heteroatoms. The minimum atomic E-state index is -4.98. The van der Waals surface area contributed by atoms with Crippen molar-refractivity contribution in [2.24, 2.45) is 5.73 Å². The number of alkyl halides is 3. The highest BCUT2D eigenvalue weighted by atomic mass is 19.4. The molecule has 3 amide bonds. The monoisotopic (exact) mass is 688 g/mol. The van der Waals surface area contributed by atoms with Crippen LogP contribution in [0.5, 0.6) is 0 Å². The first-order valence-electron chi connectivity index (χ1n) is 14.9. The number of primary amides is 1. The molecule has 10 nitrogen and oxygen atoms in total. The number of carbonyl (C=O) groups is 3. The van der Waals surface area contributed by atoms with Gasteiger partial charge >= 0.3 is 12.3 Å². The lowest BCUT2D eigenvalue weighted by Gasteiger charge is -2.24. The van der Waals surface area contributed by atoms with Gasteiger partial charge in [-0.1, -0.05) is 12.1 Å². The van der Waals surface area contributed by atoms with E-state index in [0.717, 1.165) is 27.8 Å². The van der Waals surface area contributed by atoms with Crippen LogP contribution in [0.15, 0.2) is 54.7 Å². The molecule has 0 bridgehead atoms. The highest BCUT2D eigenvalue weighted by Gasteiger charge is 2.45. The van der Waals surface area contributed by atoms with Gasteiger partial charge in [0.1, 0.15) is 35.3 Å². The summed E-state index contributed by atoms with van der Waals surface area (Å²) in [5, 5.41) is 6.32. The number of rotatable bonds is 8. The molecular weight excluding hydrogens is 658 g/mol. The van der Waals surface area contributed by atoms with E-state index in [-0.39, 0.29) is 41.9 Å². The molecule has 49 heavy (non-hydrogen) atoms. The molecule has 4 aromatic rings. The van der Waals surface area contributed by atoms with Gasteiger partial charge in [-0.15, -0.1) is 0 Å². The Bertz CT molecular complexity index is 1920. The molecule has 0 unspecified atom stereocenters. The standard InChI is InChI=1S/C33H30F6N6O4/c1-32(2,3)49-31(48)44-10-8-25-28(44)29(33(37,38)39)43-45(25)16-26(46)42-24(13-17-11-19(34)15-20(35)12-17)27-21(5-4-9-41-27)18-6-7-23(36)22(14-18)30(40)47/h4-7,9,11-12,14-15,24H,8,10,13,16H2,1-3H3,(H2,40,47)(H,42,46)/t24-/m0/s1. The molecule has 0 radical (unpaired) electrons. The van der Waals surface area contributed by atoms with Crippen molar-refractivity contribution in [3.63, 3.8) is 0 Å². The summed E-state index contributed by atoms with van der Waals surface area (Å²) < 4.78 is 91.2. The number of halogens is 6. The van der Waals surface area contributed by atoms with E-state index in [2.05, 4.69) is 15.4 Å². The van der Waals surface area contributed by atoms with Crippen LogP contribution in [0.25, 0.3) is 11.1 Å². The van der Waals surface area contributed by atoms with E-state index in [1.165, 1.54) is 24.4 Å². The number of anilines is 1. The largest absolute Gasteiger partial charge is 0.443 e. The summed E-state index contributed by atoms with van der Waals surface area (Å²) in [6.45, 7) is 3.81. The van der Waals surface area contributed by atoms with E-state index in [1.54, 1.807) is 26.8 Å². The van der Waals surface area contributed by atoms with Crippen molar-refractivity contribution in [3.8, 4) is 11.1 Å². The molecule has 0 spiro atoms. The van der Waals surface area contributed by atoms with E-state index in [0.29, 0.717) is 11.6 Å². The first-order chi connectivity index (χ1) is 22.9. The maximum atomic E-state index is 14.3. The lowest BCUT2D eigenvalue weighted by atomic mass is 9.94. The van der Waals surface area contributed by atoms with Gasteiger partial charge < -0.3 is 15.8 Å². The van der Waals surface area contributed by atoms with E-state index < -0.39 is 76.7 Å². The second-order valence-electron chi connectivity index (χ2n) is 12.3. The van der Waals surface area contributed by atoms with E-state index in [1.807, 2.05) is 0 Å². The number of fused-ring (bicyclic) bond motifs is 1. The summed E-state index contributed by atoms with van der Waals surface area (Å²) in [7, 11) is 0. The summed E-state index contributed by atoms with van der Waals surface area (Å²) >= 11 is 0. The lowest BCUT2D eigenvalue weighted by Crippen LogP contribution is -2.36. The molecule has 0 saturated carbocycles. The number of hydrogen-bond acceptors (Lipinski definition) is 6. The zero-order valence-electron chi connectivity index (χ0n) is 26.4. The maximum Gasteiger partial charge on any atom is 0.437 e. The van der Waals surface area contributed by atoms with Crippen molar-refractivity contribution in [2.45, 2.75) is 58.0 Å². The third-order valence-corrected chi connectivity index (χ3v) is 7.46. The average Bonchev–Trinajstić information content (AvgIpc) is 3.57. The maximum absolute atomic E-state index is 14.3. The number of aromatic nitrogens is 3. The van der Waals surface area contributed by atoms with Crippen molar-refractivity contribution in [2.75, 3.05) is 11.4 Å². The van der Waals surface area contributed by atoms with Crippen LogP contribution in [0.4, 0.5) is 36.8 Å². The Morgan fingerprint density at radius 1 is 1.02 bits per heavy atom. The number of ether oxygens (including phenoxy) is 1. The van der Waals surface area contributed by atoms with Gasteiger partial charge in [-0.2, -0.15) is 18.3 Å². The molecule has 0 saturated heterocycles. The average molecular weight is 689 g/mol. The Balaban J connectivity index is 1.52. The van der Waals surface area contributed by atoms with Gasteiger partial charge in [0.15, 0.2) is 5.69 Å². The summed E-state index contributed by atoms with van der Waals surface area (Å²) in [6.07, 6.45) is -4.93. The van der Waals surface area contributed by atoms with Crippen LogP contribution in [0.1, 0.15) is 59.8 Å². The minimum Gasteiger partial charge on any atom is -0.443 e. The molecule has 2 aromatic carbocycles. The number of nitrogens with one attached hydrogen (secondary N) is 1. The Kier molecular flexibility index (Phi) is 9.43. The van der Waals surface area contributed by atoms with Gasteiger partial charge in [-0.3, -0.25) is 24.2 Å². The Morgan fingerprint density at radius 3 is 2.35 bits per heavy atom. The number of nitrogens with zero attached hydrogens (tertiary/aromatic N) is 4. The van der Waals surface area contributed by atoms with Crippen LogP contribution >= 0.6 is 0 Å². The molecule has 258 valence electrons. The third-order valence-electron chi connectivity index (χ3n) is 7.46. The molecule has 1 aliphatic heterocycles. The molecule has 0 fully saturated rings. The molecule has 3 N–H and O–H groups in total. The smallest absolute Gasteiger partial charge is 0.437 e. The predicted molar refractivity (Wildman–Crippen MR) is 164 cm³/mol. The van der Waals surface area contributed by atoms with Gasteiger partial charge in [0, 0.05) is 30.8 Å². The minimum absolute atomic E-state index is 0.0269. The van der Waals surface area contributed by atoms with Gasteiger partial charge in [0.25, 0.3) is 5.91 Å². The van der Waals surface area contributed by atoms with E-state index in [4.69, 9.17) is 10.5 Å². The van der Waals surface area contributed by atoms with E-state index in [9.17, 15) is 40.7 Å². The Morgan fingerprint density at radius 2 is 1.71 bits per heavy atom. The SMILES string of the molecule is CC(C)(C)OC(=O)N1CCc2c1c(C(F)(F)F)nn2CC(=O)N[C@@H](Cc1cc(F)cc(F)c1)c1ncccc1-c1ccc(F)c(C(N)=O)c1. The molecule has 2 aromatic heterocycles. The fourth-order valence-electron chi connectivity index (χ4n) is 5.55. The molecule has 1 atom stereocenters. The van der Waals surface area contributed by atoms with Gasteiger partial charge in [0.05, 0.1) is 23.0 Å². The number of pyridine rings is 1. The second kappa shape index (κ2) is 13.2. The third kappa shape index (κ3) is 7.84. The Hall–Kier alpha value is -5.41. The second-order valence-corrected chi connectivity index (χ2v) is 12.3. The van der Waals surface area contributed by atoms with Crippen LogP contribution in [0, 0.1) is 17.5 Å². The molecular formula is C33H30F6N6O4. The van der Waals surface area contributed by atoms with Crippen molar-refractivity contribution in [1.29, 1.82) is 0 Å². The predicted octanol–water partition coefficient (Wildman–Crippen LogP) is 5.88. The molecule has 3 heterocycles. The summed E-state index contributed by atoms with van der Waals surface area (Å²) in [4.78, 5) is 43.4. The lowest BCUT2D eigenvalue weighted by molar-refractivity contribution is -0.141. The summed E-state index contributed by atoms with van der Waals surface area (Å²) in [5.74, 6) is -4.57. The first-order valence-corrected chi connectivity index (χ1v) is 14.9. The zero-order valence-corrected chi connectivity index (χ0v) is 26.4.